The fraction of sp³-hybridized carbons (Fsp3) is 0.188. The summed E-state index contributed by atoms with van der Waals surface area (Å²) in [6.45, 7) is 0.581. The topological polar surface area (TPSA) is 63.9 Å². The van der Waals surface area contributed by atoms with Crippen molar-refractivity contribution in [2.75, 3.05) is 13.7 Å². The third-order valence-corrected chi connectivity index (χ3v) is 4.17. The normalized spacial score (nSPS) is 10.8. The zero-order valence-corrected chi connectivity index (χ0v) is 12.6. The predicted octanol–water partition coefficient (Wildman–Crippen LogP) is 3.32. The lowest BCUT2D eigenvalue weighted by atomic mass is 10.1. The minimum absolute atomic E-state index is 0.581. The highest BCUT2D eigenvalue weighted by Gasteiger charge is 2.13. The molecule has 0 fully saturated rings. The number of aromatic amines is 1. The van der Waals surface area contributed by atoms with Gasteiger partial charge in [-0.15, -0.1) is 11.3 Å². The summed E-state index contributed by atoms with van der Waals surface area (Å²) in [6, 6.07) is 12.1. The van der Waals surface area contributed by atoms with Crippen molar-refractivity contribution < 1.29 is 4.74 Å². The Morgan fingerprint density at radius 1 is 1.24 bits per heavy atom. The summed E-state index contributed by atoms with van der Waals surface area (Å²) >= 11 is 1.67. The maximum atomic E-state index is 5.71. The van der Waals surface area contributed by atoms with Crippen LogP contribution in [0.1, 0.15) is 5.69 Å². The zero-order chi connectivity index (χ0) is 14.7. The van der Waals surface area contributed by atoms with E-state index in [1.165, 1.54) is 0 Å². The van der Waals surface area contributed by atoms with E-state index in [1.54, 1.807) is 18.4 Å². The van der Waals surface area contributed by atoms with E-state index in [1.807, 2.05) is 35.7 Å². The number of H-pyrrole nitrogens is 1. The van der Waals surface area contributed by atoms with Crippen molar-refractivity contribution in [1.82, 2.24) is 9.97 Å². The standard InChI is InChI=1S/C16H17N3OS/c1-20-12-6-4-11(5-7-12)15-13(8-9-17)18-16(19-15)14-3-2-10-21-14/h2-7,10H,8-9,17H2,1H3,(H,18,19). The third-order valence-electron chi connectivity index (χ3n) is 3.29. The highest BCUT2D eigenvalue weighted by atomic mass is 32.1. The SMILES string of the molecule is COc1ccc(-c2[nH]c(-c3cccs3)nc2CCN)cc1. The maximum Gasteiger partial charge on any atom is 0.148 e. The molecule has 0 atom stereocenters. The maximum absolute atomic E-state index is 5.71. The molecule has 0 spiro atoms. The molecule has 0 radical (unpaired) electrons. The van der Waals surface area contributed by atoms with Crippen molar-refractivity contribution in [2.24, 2.45) is 5.73 Å². The first kappa shape index (κ1) is 13.9. The van der Waals surface area contributed by atoms with E-state index in [4.69, 9.17) is 15.5 Å². The Morgan fingerprint density at radius 2 is 2.05 bits per heavy atom. The molecule has 0 saturated heterocycles. The molecule has 3 rings (SSSR count). The monoisotopic (exact) mass is 299 g/mol. The second-order valence-corrected chi connectivity index (χ2v) is 5.60. The van der Waals surface area contributed by atoms with Gasteiger partial charge in [-0.2, -0.15) is 0 Å². The van der Waals surface area contributed by atoms with Gasteiger partial charge in [0, 0.05) is 12.0 Å². The van der Waals surface area contributed by atoms with E-state index < -0.39 is 0 Å². The van der Waals surface area contributed by atoms with Crippen LogP contribution in [0.4, 0.5) is 0 Å². The summed E-state index contributed by atoms with van der Waals surface area (Å²) in [6.07, 6.45) is 0.753. The third kappa shape index (κ3) is 2.84. The summed E-state index contributed by atoms with van der Waals surface area (Å²) in [5, 5.41) is 2.05. The van der Waals surface area contributed by atoms with E-state index in [9.17, 15) is 0 Å². The first-order valence-corrected chi connectivity index (χ1v) is 7.67. The highest BCUT2D eigenvalue weighted by molar-refractivity contribution is 7.13. The van der Waals surface area contributed by atoms with Crippen molar-refractivity contribution in [3.05, 3.63) is 47.5 Å². The minimum Gasteiger partial charge on any atom is -0.497 e. The smallest absolute Gasteiger partial charge is 0.148 e. The number of methoxy groups -OCH3 is 1. The minimum atomic E-state index is 0.581. The van der Waals surface area contributed by atoms with Gasteiger partial charge in [-0.05, 0) is 42.3 Å². The number of ether oxygens (including phenoxy) is 1. The Hall–Kier alpha value is -2.11. The molecular formula is C16H17N3OS. The average Bonchev–Trinajstić information content (AvgIpc) is 3.17. The molecule has 0 saturated carbocycles. The van der Waals surface area contributed by atoms with E-state index in [0.717, 1.165) is 39.8 Å². The molecule has 108 valence electrons. The van der Waals surface area contributed by atoms with Gasteiger partial charge >= 0.3 is 0 Å². The van der Waals surface area contributed by atoms with Crippen LogP contribution in [-0.4, -0.2) is 23.6 Å². The Morgan fingerprint density at radius 3 is 2.67 bits per heavy atom. The predicted molar refractivity (Wildman–Crippen MR) is 86.6 cm³/mol. The lowest BCUT2D eigenvalue weighted by molar-refractivity contribution is 0.415. The number of nitrogens with zero attached hydrogens (tertiary/aromatic N) is 1. The molecule has 0 bridgehead atoms. The molecule has 0 unspecified atom stereocenters. The van der Waals surface area contributed by atoms with Gasteiger partial charge in [-0.25, -0.2) is 4.98 Å². The largest absolute Gasteiger partial charge is 0.497 e. The fourth-order valence-corrected chi connectivity index (χ4v) is 2.92. The van der Waals surface area contributed by atoms with Crippen LogP contribution in [0.15, 0.2) is 41.8 Å². The molecule has 0 aliphatic rings. The van der Waals surface area contributed by atoms with E-state index >= 15 is 0 Å². The number of rotatable bonds is 5. The number of benzene rings is 1. The van der Waals surface area contributed by atoms with Gasteiger partial charge in [0.15, 0.2) is 0 Å². The van der Waals surface area contributed by atoms with Crippen molar-refractivity contribution in [3.8, 4) is 27.7 Å². The first-order valence-electron chi connectivity index (χ1n) is 6.79. The van der Waals surface area contributed by atoms with Gasteiger partial charge in [0.2, 0.25) is 0 Å². The van der Waals surface area contributed by atoms with Crippen LogP contribution >= 0.6 is 11.3 Å². The van der Waals surface area contributed by atoms with Gasteiger partial charge in [0.05, 0.1) is 23.4 Å². The van der Waals surface area contributed by atoms with E-state index in [2.05, 4.69) is 11.1 Å². The van der Waals surface area contributed by atoms with Gasteiger partial charge in [-0.1, -0.05) is 6.07 Å². The molecule has 21 heavy (non-hydrogen) atoms. The van der Waals surface area contributed by atoms with Gasteiger partial charge in [0.25, 0.3) is 0 Å². The van der Waals surface area contributed by atoms with Crippen molar-refractivity contribution in [3.63, 3.8) is 0 Å². The number of nitrogens with two attached hydrogens (primary N) is 1. The van der Waals surface area contributed by atoms with Gasteiger partial charge in [-0.3, -0.25) is 0 Å². The van der Waals surface area contributed by atoms with Gasteiger partial charge < -0.3 is 15.5 Å². The number of imidazole rings is 1. The Labute approximate surface area is 127 Å². The van der Waals surface area contributed by atoms with Crippen LogP contribution in [-0.2, 0) is 6.42 Å². The van der Waals surface area contributed by atoms with Crippen molar-refractivity contribution in [2.45, 2.75) is 6.42 Å². The summed E-state index contributed by atoms with van der Waals surface area (Å²) in [5.41, 5.74) is 8.84. The molecule has 3 aromatic rings. The number of nitrogens with one attached hydrogen (secondary N) is 1. The summed E-state index contributed by atoms with van der Waals surface area (Å²) in [5.74, 6) is 1.75. The molecule has 0 aliphatic carbocycles. The molecule has 4 nitrogen and oxygen atoms in total. The number of hydrogen-bond acceptors (Lipinski definition) is 4. The van der Waals surface area contributed by atoms with E-state index in [0.29, 0.717) is 6.54 Å². The number of hydrogen-bond donors (Lipinski definition) is 2. The van der Waals surface area contributed by atoms with Crippen LogP contribution in [0.25, 0.3) is 22.0 Å². The summed E-state index contributed by atoms with van der Waals surface area (Å²) in [4.78, 5) is 9.26. The molecule has 0 amide bonds. The Kier molecular flexibility index (Phi) is 4.03. The van der Waals surface area contributed by atoms with E-state index in [-0.39, 0.29) is 0 Å². The van der Waals surface area contributed by atoms with Crippen LogP contribution < -0.4 is 10.5 Å². The molecule has 5 heteroatoms. The number of aromatic nitrogens is 2. The summed E-state index contributed by atoms with van der Waals surface area (Å²) in [7, 11) is 1.67. The van der Waals surface area contributed by atoms with Crippen molar-refractivity contribution >= 4 is 11.3 Å². The molecular weight excluding hydrogens is 282 g/mol. The number of thiophene rings is 1. The molecule has 1 aromatic carbocycles. The van der Waals surface area contributed by atoms with Crippen LogP contribution in [0, 0.1) is 0 Å². The second-order valence-electron chi connectivity index (χ2n) is 4.65. The highest BCUT2D eigenvalue weighted by Crippen LogP contribution is 2.29. The first-order chi connectivity index (χ1) is 10.3. The zero-order valence-electron chi connectivity index (χ0n) is 11.8. The molecule has 0 aliphatic heterocycles. The molecule has 2 aromatic heterocycles. The quantitative estimate of drug-likeness (QED) is 0.759. The molecule has 2 heterocycles. The fourth-order valence-electron chi connectivity index (χ4n) is 2.25. The van der Waals surface area contributed by atoms with Crippen LogP contribution in [0.2, 0.25) is 0 Å². The average molecular weight is 299 g/mol. The summed E-state index contributed by atoms with van der Waals surface area (Å²) < 4.78 is 5.20. The second kappa shape index (κ2) is 6.11. The lowest BCUT2D eigenvalue weighted by Gasteiger charge is -2.03. The Bertz CT molecular complexity index is 702. The molecule has 3 N–H and O–H groups in total. The lowest BCUT2D eigenvalue weighted by Crippen LogP contribution is -2.04. The van der Waals surface area contributed by atoms with Crippen LogP contribution in [0.3, 0.4) is 0 Å². The van der Waals surface area contributed by atoms with Crippen LogP contribution in [0.5, 0.6) is 5.75 Å². The van der Waals surface area contributed by atoms with Crippen molar-refractivity contribution in [1.29, 1.82) is 0 Å². The Balaban J connectivity index is 2.02. The van der Waals surface area contributed by atoms with Gasteiger partial charge in [0.1, 0.15) is 11.6 Å².